The number of ether oxygens (including phenoxy) is 3. The highest BCUT2D eigenvalue weighted by molar-refractivity contribution is 5.91. The van der Waals surface area contributed by atoms with Crippen LogP contribution in [0, 0.1) is 0 Å². The molecule has 1 aromatic rings. The van der Waals surface area contributed by atoms with Crippen LogP contribution in [0.1, 0.15) is 17.3 Å². The predicted octanol–water partition coefficient (Wildman–Crippen LogP) is 1.16. The standard InChI is InChI=1S/C15H22N2O4/c1-2-20-14-10-12(9-13(16)11-14)15(18)21-8-5-17-3-6-19-7-4-17/h9-11H,2-8,16H2,1H3. The van der Waals surface area contributed by atoms with E-state index in [0.29, 0.717) is 30.2 Å². The number of rotatable bonds is 6. The van der Waals surface area contributed by atoms with Crippen LogP contribution < -0.4 is 10.5 Å². The number of nitrogens with two attached hydrogens (primary N) is 1. The molecule has 1 aromatic carbocycles. The number of carbonyl (C=O) groups excluding carboxylic acids is 1. The van der Waals surface area contributed by atoms with Crippen molar-refractivity contribution >= 4 is 11.7 Å². The van der Waals surface area contributed by atoms with Gasteiger partial charge in [0, 0.05) is 31.4 Å². The molecule has 0 amide bonds. The van der Waals surface area contributed by atoms with Crippen LogP contribution in [-0.4, -0.2) is 56.9 Å². The average Bonchev–Trinajstić information content (AvgIpc) is 2.48. The van der Waals surface area contributed by atoms with E-state index >= 15 is 0 Å². The Morgan fingerprint density at radius 3 is 2.81 bits per heavy atom. The predicted molar refractivity (Wildman–Crippen MR) is 79.6 cm³/mol. The third kappa shape index (κ3) is 4.91. The summed E-state index contributed by atoms with van der Waals surface area (Å²) >= 11 is 0. The Bertz CT molecular complexity index is 473. The summed E-state index contributed by atoms with van der Waals surface area (Å²) in [5, 5.41) is 0. The maximum Gasteiger partial charge on any atom is 0.338 e. The van der Waals surface area contributed by atoms with Crippen LogP contribution in [0.2, 0.25) is 0 Å². The topological polar surface area (TPSA) is 74.0 Å². The molecule has 1 saturated heterocycles. The number of carbonyl (C=O) groups is 1. The Morgan fingerprint density at radius 2 is 2.10 bits per heavy atom. The first-order chi connectivity index (χ1) is 10.2. The van der Waals surface area contributed by atoms with Crippen LogP contribution in [-0.2, 0) is 9.47 Å². The molecule has 116 valence electrons. The summed E-state index contributed by atoms with van der Waals surface area (Å²) in [6, 6.07) is 4.94. The van der Waals surface area contributed by atoms with E-state index in [1.165, 1.54) is 0 Å². The molecule has 0 saturated carbocycles. The summed E-state index contributed by atoms with van der Waals surface area (Å²) in [7, 11) is 0. The molecule has 1 aliphatic heterocycles. The van der Waals surface area contributed by atoms with Crippen molar-refractivity contribution in [2.45, 2.75) is 6.92 Å². The van der Waals surface area contributed by atoms with E-state index < -0.39 is 0 Å². The van der Waals surface area contributed by atoms with Gasteiger partial charge in [0.05, 0.1) is 25.4 Å². The second-order valence-corrected chi connectivity index (χ2v) is 4.81. The van der Waals surface area contributed by atoms with E-state index in [4.69, 9.17) is 19.9 Å². The summed E-state index contributed by atoms with van der Waals surface area (Å²) < 4.78 is 15.9. The maximum atomic E-state index is 12.0. The van der Waals surface area contributed by atoms with Gasteiger partial charge in [-0.15, -0.1) is 0 Å². The quantitative estimate of drug-likeness (QED) is 0.627. The molecule has 0 aliphatic carbocycles. The van der Waals surface area contributed by atoms with Crippen LogP contribution >= 0.6 is 0 Å². The SMILES string of the molecule is CCOc1cc(N)cc(C(=O)OCCN2CCOCC2)c1. The lowest BCUT2D eigenvalue weighted by molar-refractivity contribution is 0.0195. The lowest BCUT2D eigenvalue weighted by Gasteiger charge is -2.26. The van der Waals surface area contributed by atoms with Crippen LogP contribution in [0.3, 0.4) is 0 Å². The summed E-state index contributed by atoms with van der Waals surface area (Å²) in [5.74, 6) is 0.203. The van der Waals surface area contributed by atoms with Gasteiger partial charge in [0.25, 0.3) is 0 Å². The molecule has 21 heavy (non-hydrogen) atoms. The first-order valence-electron chi connectivity index (χ1n) is 7.19. The van der Waals surface area contributed by atoms with E-state index in [-0.39, 0.29) is 5.97 Å². The Balaban J connectivity index is 1.84. The van der Waals surface area contributed by atoms with Crippen LogP contribution in [0.5, 0.6) is 5.75 Å². The van der Waals surface area contributed by atoms with Gasteiger partial charge in [-0.2, -0.15) is 0 Å². The zero-order chi connectivity index (χ0) is 15.1. The van der Waals surface area contributed by atoms with Gasteiger partial charge in [0.1, 0.15) is 12.4 Å². The fourth-order valence-corrected chi connectivity index (χ4v) is 2.17. The van der Waals surface area contributed by atoms with Gasteiger partial charge < -0.3 is 19.9 Å². The molecule has 0 aromatic heterocycles. The van der Waals surface area contributed by atoms with Gasteiger partial charge in [-0.1, -0.05) is 0 Å². The average molecular weight is 294 g/mol. The van der Waals surface area contributed by atoms with Crippen molar-refractivity contribution in [3.63, 3.8) is 0 Å². The van der Waals surface area contributed by atoms with Gasteiger partial charge in [-0.05, 0) is 19.1 Å². The number of anilines is 1. The molecule has 0 atom stereocenters. The molecule has 6 heteroatoms. The highest BCUT2D eigenvalue weighted by Crippen LogP contribution is 2.19. The highest BCUT2D eigenvalue weighted by atomic mass is 16.5. The number of nitrogen functional groups attached to an aromatic ring is 1. The fraction of sp³-hybridized carbons (Fsp3) is 0.533. The van der Waals surface area contributed by atoms with Crippen molar-refractivity contribution in [3.8, 4) is 5.75 Å². The van der Waals surface area contributed by atoms with Gasteiger partial charge >= 0.3 is 5.97 Å². The smallest absolute Gasteiger partial charge is 0.338 e. The Labute approximate surface area is 124 Å². The lowest BCUT2D eigenvalue weighted by atomic mass is 10.2. The third-order valence-electron chi connectivity index (χ3n) is 3.22. The molecule has 2 N–H and O–H groups in total. The minimum Gasteiger partial charge on any atom is -0.494 e. The van der Waals surface area contributed by atoms with Crippen molar-refractivity contribution in [3.05, 3.63) is 23.8 Å². The monoisotopic (exact) mass is 294 g/mol. The zero-order valence-corrected chi connectivity index (χ0v) is 12.3. The van der Waals surface area contributed by atoms with E-state index in [0.717, 1.165) is 32.8 Å². The van der Waals surface area contributed by atoms with E-state index in [2.05, 4.69) is 4.90 Å². The van der Waals surface area contributed by atoms with Gasteiger partial charge in [-0.3, -0.25) is 4.90 Å². The second-order valence-electron chi connectivity index (χ2n) is 4.81. The summed E-state index contributed by atoms with van der Waals surface area (Å²) in [6.45, 7) is 6.71. The minimum atomic E-state index is -0.378. The molecule has 0 bridgehead atoms. The van der Waals surface area contributed by atoms with E-state index in [9.17, 15) is 4.79 Å². The van der Waals surface area contributed by atoms with Crippen molar-refractivity contribution in [1.82, 2.24) is 4.90 Å². The normalized spacial score (nSPS) is 15.7. The van der Waals surface area contributed by atoms with Crippen molar-refractivity contribution in [1.29, 1.82) is 0 Å². The minimum absolute atomic E-state index is 0.359. The summed E-state index contributed by atoms with van der Waals surface area (Å²) in [6.07, 6.45) is 0. The molecule has 1 fully saturated rings. The Morgan fingerprint density at radius 1 is 1.33 bits per heavy atom. The molecule has 0 radical (unpaired) electrons. The number of morpholine rings is 1. The second kappa shape index (κ2) is 7.85. The van der Waals surface area contributed by atoms with Crippen molar-refractivity contribution in [2.24, 2.45) is 0 Å². The molecular formula is C15H22N2O4. The fourth-order valence-electron chi connectivity index (χ4n) is 2.17. The number of esters is 1. The Hall–Kier alpha value is -1.79. The molecule has 2 rings (SSSR count). The molecule has 6 nitrogen and oxygen atoms in total. The van der Waals surface area contributed by atoms with Crippen LogP contribution in [0.15, 0.2) is 18.2 Å². The molecule has 0 spiro atoms. The number of hydrogen-bond donors (Lipinski definition) is 1. The largest absolute Gasteiger partial charge is 0.494 e. The summed E-state index contributed by atoms with van der Waals surface area (Å²) in [5.41, 5.74) is 6.67. The number of hydrogen-bond acceptors (Lipinski definition) is 6. The molecule has 1 aliphatic rings. The molecule has 1 heterocycles. The Kier molecular flexibility index (Phi) is 5.83. The van der Waals surface area contributed by atoms with Gasteiger partial charge in [0.2, 0.25) is 0 Å². The van der Waals surface area contributed by atoms with Crippen LogP contribution in [0.25, 0.3) is 0 Å². The number of benzene rings is 1. The van der Waals surface area contributed by atoms with Crippen molar-refractivity contribution < 1.29 is 19.0 Å². The third-order valence-corrected chi connectivity index (χ3v) is 3.22. The first-order valence-corrected chi connectivity index (χ1v) is 7.19. The summed E-state index contributed by atoms with van der Waals surface area (Å²) in [4.78, 5) is 14.2. The van der Waals surface area contributed by atoms with Gasteiger partial charge in [0.15, 0.2) is 0 Å². The van der Waals surface area contributed by atoms with Crippen LogP contribution in [0.4, 0.5) is 5.69 Å². The number of nitrogens with zero attached hydrogens (tertiary/aromatic N) is 1. The molecular weight excluding hydrogens is 272 g/mol. The maximum absolute atomic E-state index is 12.0. The first kappa shape index (κ1) is 15.6. The zero-order valence-electron chi connectivity index (χ0n) is 12.3. The van der Waals surface area contributed by atoms with Gasteiger partial charge in [-0.25, -0.2) is 4.79 Å². The molecule has 0 unspecified atom stereocenters. The van der Waals surface area contributed by atoms with Crippen molar-refractivity contribution in [2.75, 3.05) is 51.8 Å². The van der Waals surface area contributed by atoms with E-state index in [1.807, 2.05) is 6.92 Å². The highest BCUT2D eigenvalue weighted by Gasteiger charge is 2.13. The van der Waals surface area contributed by atoms with E-state index in [1.54, 1.807) is 18.2 Å². The lowest BCUT2D eigenvalue weighted by Crippen LogP contribution is -2.38.